The third-order valence-electron chi connectivity index (χ3n) is 5.65. The molecule has 2 aromatic carbocycles. The molecule has 6 heteroatoms. The minimum Gasteiger partial charge on any atom is -0.348 e. The quantitative estimate of drug-likeness (QED) is 0.522. The van der Waals surface area contributed by atoms with E-state index in [1.54, 1.807) is 19.2 Å². The van der Waals surface area contributed by atoms with Crippen molar-refractivity contribution in [2.75, 3.05) is 0 Å². The summed E-state index contributed by atoms with van der Waals surface area (Å²) in [6.45, 7) is 9.91. The number of carbonyl (C=O) groups excluding carboxylic acids is 1. The molecule has 0 fully saturated rings. The highest BCUT2D eigenvalue weighted by Crippen LogP contribution is 2.27. The molecule has 0 radical (unpaired) electrons. The van der Waals surface area contributed by atoms with Crippen LogP contribution in [0.1, 0.15) is 64.6 Å². The number of pyridine rings is 1. The van der Waals surface area contributed by atoms with E-state index in [1.807, 2.05) is 50.5 Å². The molecule has 3 rings (SSSR count). The van der Waals surface area contributed by atoms with Gasteiger partial charge >= 0.3 is 0 Å². The number of hydrogen-bond donors (Lipinski definition) is 1. The average molecular weight is 439 g/mol. The van der Waals surface area contributed by atoms with Gasteiger partial charge in [-0.3, -0.25) is 9.59 Å². The molecule has 3 aromatic rings. The fraction of sp³-hybridized carbons (Fsp3) is 0.308. The fourth-order valence-electron chi connectivity index (χ4n) is 3.91. The topological polar surface area (TPSA) is 51.1 Å². The number of aryl methyl sites for hydroxylation is 2. The van der Waals surface area contributed by atoms with E-state index in [9.17, 15) is 18.4 Å². The maximum absolute atomic E-state index is 13.3. The number of aromatic nitrogens is 1. The molecular formula is C26H28F2N2O2. The van der Waals surface area contributed by atoms with Gasteiger partial charge in [-0.2, -0.15) is 0 Å². The van der Waals surface area contributed by atoms with E-state index < -0.39 is 17.8 Å². The van der Waals surface area contributed by atoms with Crippen molar-refractivity contribution in [3.8, 4) is 11.1 Å². The highest BCUT2D eigenvalue weighted by molar-refractivity contribution is 5.95. The van der Waals surface area contributed by atoms with Gasteiger partial charge in [0.05, 0.1) is 0 Å². The van der Waals surface area contributed by atoms with Crippen molar-refractivity contribution in [1.29, 1.82) is 0 Å². The molecule has 0 saturated carbocycles. The Balaban J connectivity index is 2.05. The van der Waals surface area contributed by atoms with Crippen LogP contribution in [-0.4, -0.2) is 10.5 Å². The Labute approximate surface area is 186 Å². The minimum absolute atomic E-state index is 0.00786. The first-order valence-electron chi connectivity index (χ1n) is 10.6. The maximum Gasteiger partial charge on any atom is 0.263 e. The first-order chi connectivity index (χ1) is 15.1. The fourth-order valence-corrected chi connectivity index (χ4v) is 3.91. The lowest BCUT2D eigenvalue weighted by Gasteiger charge is -2.20. The molecule has 4 nitrogen and oxygen atoms in total. The van der Waals surface area contributed by atoms with Gasteiger partial charge in [0.1, 0.15) is 5.56 Å². The summed E-state index contributed by atoms with van der Waals surface area (Å²) in [5, 5.41) is 2.84. The summed E-state index contributed by atoms with van der Waals surface area (Å²) in [6.07, 6.45) is -1.09. The second kappa shape index (κ2) is 9.47. The van der Waals surface area contributed by atoms with Crippen LogP contribution < -0.4 is 10.7 Å². The van der Waals surface area contributed by atoms with Gasteiger partial charge in [0.15, 0.2) is 0 Å². The molecule has 0 unspecified atom stereocenters. The van der Waals surface area contributed by atoms with Gasteiger partial charge in [0.2, 0.25) is 5.43 Å². The third-order valence-corrected chi connectivity index (χ3v) is 5.65. The molecule has 32 heavy (non-hydrogen) atoms. The summed E-state index contributed by atoms with van der Waals surface area (Å²) < 4.78 is 28.3. The van der Waals surface area contributed by atoms with Gasteiger partial charge in [-0.05, 0) is 57.4 Å². The molecule has 168 valence electrons. The van der Waals surface area contributed by atoms with Gasteiger partial charge in [-0.25, -0.2) is 8.78 Å². The highest BCUT2D eigenvalue weighted by atomic mass is 19.3. The van der Waals surface area contributed by atoms with Crippen molar-refractivity contribution >= 4 is 5.91 Å². The highest BCUT2D eigenvalue weighted by Gasteiger charge is 2.21. The maximum atomic E-state index is 13.3. The summed E-state index contributed by atoms with van der Waals surface area (Å²) in [6, 6.07) is 11.7. The van der Waals surface area contributed by atoms with Crippen molar-refractivity contribution in [3.05, 3.63) is 92.4 Å². The number of halogens is 2. The molecule has 1 amide bonds. The lowest BCUT2D eigenvalue weighted by atomic mass is 9.98. The lowest BCUT2D eigenvalue weighted by molar-refractivity contribution is 0.0949. The Morgan fingerprint density at radius 3 is 2.41 bits per heavy atom. The molecule has 1 N–H and O–H groups in total. The number of nitrogens with one attached hydrogen (secondary N) is 1. The summed E-state index contributed by atoms with van der Waals surface area (Å²) in [7, 11) is 0. The summed E-state index contributed by atoms with van der Waals surface area (Å²) in [5.41, 5.74) is 3.78. The van der Waals surface area contributed by atoms with Crippen LogP contribution in [0.25, 0.3) is 11.1 Å². The van der Waals surface area contributed by atoms with Crippen molar-refractivity contribution in [3.63, 3.8) is 0 Å². The number of alkyl halides is 2. The van der Waals surface area contributed by atoms with Gasteiger partial charge in [-0.1, -0.05) is 42.0 Å². The number of hydrogen-bond acceptors (Lipinski definition) is 2. The Kier molecular flexibility index (Phi) is 6.92. The van der Waals surface area contributed by atoms with Crippen LogP contribution in [0, 0.1) is 20.8 Å². The van der Waals surface area contributed by atoms with Crippen LogP contribution in [0.3, 0.4) is 0 Å². The second-order valence-corrected chi connectivity index (χ2v) is 8.37. The van der Waals surface area contributed by atoms with Crippen molar-refractivity contribution in [2.45, 2.75) is 53.6 Å². The van der Waals surface area contributed by atoms with E-state index in [0.717, 1.165) is 16.7 Å². The van der Waals surface area contributed by atoms with E-state index in [4.69, 9.17) is 0 Å². The molecule has 0 saturated heterocycles. The molecule has 0 aliphatic heterocycles. The zero-order chi connectivity index (χ0) is 23.6. The van der Waals surface area contributed by atoms with Crippen LogP contribution in [0.2, 0.25) is 0 Å². The molecule has 0 aliphatic carbocycles. The Morgan fingerprint density at radius 1 is 1.06 bits per heavy atom. The number of nitrogens with zero attached hydrogens (tertiary/aromatic N) is 1. The summed E-state index contributed by atoms with van der Waals surface area (Å²) in [5.74, 6) is -0.490. The second-order valence-electron chi connectivity index (χ2n) is 8.37. The molecule has 1 heterocycles. The van der Waals surface area contributed by atoms with Crippen LogP contribution >= 0.6 is 0 Å². The van der Waals surface area contributed by atoms with Crippen LogP contribution in [0.5, 0.6) is 0 Å². The lowest BCUT2D eigenvalue weighted by Crippen LogP contribution is -2.31. The smallest absolute Gasteiger partial charge is 0.263 e. The number of rotatable bonds is 6. The van der Waals surface area contributed by atoms with Crippen LogP contribution in [0.4, 0.5) is 8.78 Å². The number of carbonyl (C=O) groups is 1. The summed E-state index contributed by atoms with van der Waals surface area (Å²) in [4.78, 5) is 26.4. The summed E-state index contributed by atoms with van der Waals surface area (Å²) >= 11 is 0. The number of amides is 1. The van der Waals surface area contributed by atoms with Gasteiger partial charge < -0.3 is 9.88 Å². The SMILES string of the molecule is Cc1ccc(CNC(=O)c2cn(C(C)C)c(C)c(-c3cccc(C(F)F)c3)c2=O)c(C)c1. The van der Waals surface area contributed by atoms with Crippen LogP contribution in [-0.2, 0) is 6.54 Å². The van der Waals surface area contributed by atoms with E-state index in [-0.39, 0.29) is 29.3 Å². The minimum atomic E-state index is -2.65. The zero-order valence-corrected chi connectivity index (χ0v) is 19.0. The number of benzene rings is 2. The van der Waals surface area contributed by atoms with Gasteiger partial charge in [0, 0.05) is 35.6 Å². The Bertz CT molecular complexity index is 1210. The first kappa shape index (κ1) is 23.4. The van der Waals surface area contributed by atoms with E-state index in [0.29, 0.717) is 11.3 Å². The predicted molar refractivity (Wildman–Crippen MR) is 123 cm³/mol. The molecule has 1 aromatic heterocycles. The molecule has 0 bridgehead atoms. The Hall–Kier alpha value is -3.28. The van der Waals surface area contributed by atoms with E-state index in [2.05, 4.69) is 5.32 Å². The largest absolute Gasteiger partial charge is 0.348 e. The average Bonchev–Trinajstić information content (AvgIpc) is 2.73. The predicted octanol–water partition coefficient (Wildman–Crippen LogP) is 5.89. The van der Waals surface area contributed by atoms with Crippen LogP contribution in [0.15, 0.2) is 53.5 Å². The molecular weight excluding hydrogens is 410 g/mol. The van der Waals surface area contributed by atoms with Crippen molar-refractivity contribution < 1.29 is 13.6 Å². The van der Waals surface area contributed by atoms with E-state index >= 15 is 0 Å². The van der Waals surface area contributed by atoms with Gasteiger partial charge in [0.25, 0.3) is 12.3 Å². The standard InChI is InChI=1S/C26H28F2N2O2/c1-15(2)30-14-22(26(32)29-13-21-10-9-16(3)11-17(21)4)24(31)23(18(30)5)19-7-6-8-20(12-19)25(27)28/h6-12,14-15,25H,13H2,1-5H3,(H,29,32). The first-order valence-corrected chi connectivity index (χ1v) is 10.6. The molecule has 0 aliphatic rings. The molecule has 0 atom stereocenters. The van der Waals surface area contributed by atoms with Crippen molar-refractivity contribution in [1.82, 2.24) is 9.88 Å². The van der Waals surface area contributed by atoms with Crippen molar-refractivity contribution in [2.24, 2.45) is 0 Å². The zero-order valence-electron chi connectivity index (χ0n) is 19.0. The van der Waals surface area contributed by atoms with E-state index in [1.165, 1.54) is 18.2 Å². The van der Waals surface area contributed by atoms with Gasteiger partial charge in [-0.15, -0.1) is 0 Å². The third kappa shape index (κ3) is 4.79. The Morgan fingerprint density at radius 2 is 1.78 bits per heavy atom. The molecule has 0 spiro atoms. The monoisotopic (exact) mass is 438 g/mol. The normalized spacial score (nSPS) is 11.3.